The summed E-state index contributed by atoms with van der Waals surface area (Å²) in [4.78, 5) is 2.64. The first-order chi connectivity index (χ1) is 14.7. The van der Waals surface area contributed by atoms with Crippen molar-refractivity contribution in [2.45, 2.75) is 94.2 Å². The number of hydrogen-bond acceptors (Lipinski definition) is 5. The number of nitrogens with zero attached hydrogens (tertiary/aromatic N) is 1. The van der Waals surface area contributed by atoms with Crippen LogP contribution in [-0.4, -0.2) is 80.9 Å². The Kier molecular flexibility index (Phi) is 6.97. The van der Waals surface area contributed by atoms with Crippen LogP contribution in [0.3, 0.4) is 0 Å². The molecule has 0 aromatic rings. The van der Waals surface area contributed by atoms with Crippen molar-refractivity contribution >= 4 is 0 Å². The van der Waals surface area contributed by atoms with E-state index < -0.39 is 6.17 Å². The number of ether oxygens (including phenoxy) is 3. The number of hydrogen-bond donors (Lipinski definition) is 1. The van der Waals surface area contributed by atoms with E-state index in [1.165, 1.54) is 25.7 Å². The molecule has 0 aromatic carbocycles. The topological polar surface area (TPSA) is 43.0 Å². The SMILES string of the molecule is FC1CCC2OCCCN3CCC[C@@]4(COCCN4)[C@@H]3COC3CCC(CC3)C2C1. The number of morpholine rings is 1. The lowest BCUT2D eigenvalue weighted by atomic mass is 9.71. The molecule has 3 unspecified atom stereocenters. The molecule has 5 atom stereocenters. The van der Waals surface area contributed by atoms with Gasteiger partial charge in [0.15, 0.2) is 0 Å². The fourth-order valence-electron chi connectivity index (χ4n) is 7.09. The maximum Gasteiger partial charge on any atom is 0.101 e. The summed E-state index contributed by atoms with van der Waals surface area (Å²) < 4.78 is 33.2. The number of alkyl halides is 1. The third kappa shape index (κ3) is 4.59. The van der Waals surface area contributed by atoms with Crippen molar-refractivity contribution in [3.63, 3.8) is 0 Å². The van der Waals surface area contributed by atoms with E-state index in [0.29, 0.717) is 36.8 Å². The van der Waals surface area contributed by atoms with Crippen LogP contribution >= 0.6 is 0 Å². The van der Waals surface area contributed by atoms with E-state index in [2.05, 4.69) is 10.2 Å². The Labute approximate surface area is 181 Å². The summed E-state index contributed by atoms with van der Waals surface area (Å²) in [6.07, 6.45) is 10.3. The Balaban J connectivity index is 1.31. The standard InChI is InChI=1S/C24H41FN2O3/c25-19-5-8-22-21(15-19)18-3-6-20(7-4-18)30-16-23-24(17-28-14-10-26-24)9-1-11-27(23)12-2-13-29-22/h18-23,26H,1-17H2/t18?,19?,20?,21?,22?,23-,24+/m0/s1. The van der Waals surface area contributed by atoms with Crippen LogP contribution in [0.15, 0.2) is 0 Å². The molecule has 6 fully saturated rings. The summed E-state index contributed by atoms with van der Waals surface area (Å²) in [5, 5.41) is 3.84. The highest BCUT2D eigenvalue weighted by atomic mass is 19.1. The molecule has 30 heavy (non-hydrogen) atoms. The molecule has 4 aliphatic heterocycles. The minimum Gasteiger partial charge on any atom is -0.378 e. The fourth-order valence-corrected chi connectivity index (χ4v) is 7.09. The molecule has 1 N–H and O–H groups in total. The largest absolute Gasteiger partial charge is 0.378 e. The minimum absolute atomic E-state index is 0.0379. The zero-order valence-corrected chi connectivity index (χ0v) is 18.5. The Morgan fingerprint density at radius 1 is 0.933 bits per heavy atom. The smallest absolute Gasteiger partial charge is 0.101 e. The molecular weight excluding hydrogens is 383 g/mol. The first kappa shape index (κ1) is 21.6. The van der Waals surface area contributed by atoms with E-state index >= 15 is 0 Å². The number of halogens is 1. The van der Waals surface area contributed by atoms with Crippen molar-refractivity contribution < 1.29 is 18.6 Å². The Bertz CT molecular complexity index is 545. The zero-order valence-electron chi connectivity index (χ0n) is 18.5. The maximum atomic E-state index is 14.2. The average Bonchev–Trinajstić information content (AvgIpc) is 2.78. The van der Waals surface area contributed by atoms with E-state index in [4.69, 9.17) is 14.2 Å². The molecule has 6 rings (SSSR count). The molecule has 2 saturated carbocycles. The van der Waals surface area contributed by atoms with Crippen molar-refractivity contribution in [1.82, 2.24) is 10.2 Å². The van der Waals surface area contributed by atoms with Crippen molar-refractivity contribution in [3.8, 4) is 0 Å². The lowest BCUT2D eigenvalue weighted by molar-refractivity contribution is -0.106. The number of piperidine rings is 1. The molecule has 6 aliphatic rings. The summed E-state index contributed by atoms with van der Waals surface area (Å²) in [6, 6.07) is 0.377. The molecule has 0 aromatic heterocycles. The van der Waals surface area contributed by atoms with Crippen molar-refractivity contribution in [1.29, 1.82) is 0 Å². The maximum absolute atomic E-state index is 14.2. The van der Waals surface area contributed by atoms with Crippen LogP contribution in [0.2, 0.25) is 0 Å². The van der Waals surface area contributed by atoms with Gasteiger partial charge in [0.2, 0.25) is 0 Å². The van der Waals surface area contributed by atoms with E-state index in [0.717, 1.165) is 71.7 Å². The quantitative estimate of drug-likeness (QED) is 0.646. The highest BCUT2D eigenvalue weighted by Gasteiger charge is 2.46. The van der Waals surface area contributed by atoms with Crippen LogP contribution < -0.4 is 5.32 Å². The molecule has 2 bridgehead atoms. The molecule has 4 heterocycles. The van der Waals surface area contributed by atoms with Gasteiger partial charge in [-0.3, -0.25) is 4.90 Å². The van der Waals surface area contributed by atoms with Gasteiger partial charge in [-0.1, -0.05) is 0 Å². The predicted octanol–water partition coefficient (Wildman–Crippen LogP) is 3.31. The number of rotatable bonds is 0. The lowest BCUT2D eigenvalue weighted by Crippen LogP contribution is -2.70. The highest BCUT2D eigenvalue weighted by Crippen LogP contribution is 2.42. The molecule has 2 aliphatic carbocycles. The van der Waals surface area contributed by atoms with Crippen molar-refractivity contribution in [2.75, 3.05) is 46.1 Å². The van der Waals surface area contributed by atoms with Gasteiger partial charge in [0.25, 0.3) is 0 Å². The molecule has 4 saturated heterocycles. The monoisotopic (exact) mass is 424 g/mol. The van der Waals surface area contributed by atoms with Crippen LogP contribution in [-0.2, 0) is 14.2 Å². The first-order valence-corrected chi connectivity index (χ1v) is 12.7. The summed E-state index contributed by atoms with van der Waals surface area (Å²) in [5.41, 5.74) is 0.0379. The van der Waals surface area contributed by atoms with Gasteiger partial charge < -0.3 is 19.5 Å². The van der Waals surface area contributed by atoms with E-state index in [1.54, 1.807) is 0 Å². The molecule has 0 amide bonds. The molecule has 5 nitrogen and oxygen atoms in total. The Morgan fingerprint density at radius 3 is 2.63 bits per heavy atom. The first-order valence-electron chi connectivity index (χ1n) is 12.7. The van der Waals surface area contributed by atoms with E-state index in [9.17, 15) is 4.39 Å². The van der Waals surface area contributed by atoms with Crippen LogP contribution in [0.5, 0.6) is 0 Å². The average molecular weight is 425 g/mol. The number of nitrogens with one attached hydrogen (secondary N) is 1. The minimum atomic E-state index is -0.627. The van der Waals surface area contributed by atoms with Gasteiger partial charge in [-0.25, -0.2) is 4.39 Å². The Hall–Kier alpha value is -0.270. The fraction of sp³-hybridized carbons (Fsp3) is 1.00. The third-order valence-corrected chi connectivity index (χ3v) is 8.74. The van der Waals surface area contributed by atoms with Crippen LogP contribution in [0.25, 0.3) is 0 Å². The van der Waals surface area contributed by atoms with E-state index in [1.807, 2.05) is 0 Å². The normalized spacial score (nSPS) is 46.7. The molecule has 0 radical (unpaired) electrons. The second kappa shape index (κ2) is 9.70. The van der Waals surface area contributed by atoms with Gasteiger partial charge >= 0.3 is 0 Å². The molecule has 6 heteroatoms. The summed E-state index contributed by atoms with van der Waals surface area (Å²) >= 11 is 0. The summed E-state index contributed by atoms with van der Waals surface area (Å²) in [5.74, 6) is 1.02. The molecule has 172 valence electrons. The van der Waals surface area contributed by atoms with E-state index in [-0.39, 0.29) is 11.6 Å². The second-order valence-electron chi connectivity index (χ2n) is 10.5. The molecular formula is C24H41FN2O3. The zero-order chi connectivity index (χ0) is 20.4. The molecule has 1 spiro atoms. The number of fused-ring (bicyclic) bond motifs is 6. The van der Waals surface area contributed by atoms with Gasteiger partial charge in [-0.05, 0) is 82.6 Å². The van der Waals surface area contributed by atoms with Crippen LogP contribution in [0.1, 0.15) is 64.2 Å². The van der Waals surface area contributed by atoms with Crippen molar-refractivity contribution in [2.24, 2.45) is 11.8 Å². The van der Waals surface area contributed by atoms with Crippen LogP contribution in [0.4, 0.5) is 4.39 Å². The summed E-state index contributed by atoms with van der Waals surface area (Å²) in [6.45, 7) is 6.34. The van der Waals surface area contributed by atoms with Crippen LogP contribution in [0, 0.1) is 11.8 Å². The van der Waals surface area contributed by atoms with Gasteiger partial charge in [0, 0.05) is 19.7 Å². The van der Waals surface area contributed by atoms with Gasteiger partial charge in [-0.2, -0.15) is 0 Å². The summed E-state index contributed by atoms with van der Waals surface area (Å²) in [7, 11) is 0. The van der Waals surface area contributed by atoms with Crippen molar-refractivity contribution in [3.05, 3.63) is 0 Å². The van der Waals surface area contributed by atoms with Gasteiger partial charge in [-0.15, -0.1) is 0 Å². The van der Waals surface area contributed by atoms with Gasteiger partial charge in [0.05, 0.1) is 43.6 Å². The highest BCUT2D eigenvalue weighted by molar-refractivity contribution is 5.04. The second-order valence-corrected chi connectivity index (χ2v) is 10.5. The lowest BCUT2D eigenvalue weighted by Gasteiger charge is -2.52. The third-order valence-electron chi connectivity index (χ3n) is 8.74. The predicted molar refractivity (Wildman–Crippen MR) is 114 cm³/mol. The Morgan fingerprint density at radius 2 is 1.80 bits per heavy atom. The van der Waals surface area contributed by atoms with Gasteiger partial charge in [0.1, 0.15) is 6.17 Å².